The molecule has 1 heterocycles. The summed E-state index contributed by atoms with van der Waals surface area (Å²) in [6.07, 6.45) is 8.51. The van der Waals surface area contributed by atoms with Gasteiger partial charge >= 0.3 is 6.03 Å². The van der Waals surface area contributed by atoms with Crippen LogP contribution in [-0.4, -0.2) is 73.7 Å². The highest BCUT2D eigenvalue weighted by Gasteiger charge is 2.41. The highest BCUT2D eigenvalue weighted by Crippen LogP contribution is 2.40. The van der Waals surface area contributed by atoms with Crippen molar-refractivity contribution in [2.24, 2.45) is 11.8 Å². The maximum atomic E-state index is 13.4. The lowest BCUT2D eigenvalue weighted by molar-refractivity contribution is -0.0564. The first kappa shape index (κ1) is 29.2. The number of nitrogens with one attached hydrogen (secondary N) is 2. The number of rotatable bonds is 12. The molecule has 0 radical (unpaired) electrons. The van der Waals surface area contributed by atoms with Crippen molar-refractivity contribution in [1.29, 1.82) is 0 Å². The summed E-state index contributed by atoms with van der Waals surface area (Å²) < 4.78 is 5.21. The van der Waals surface area contributed by atoms with Crippen molar-refractivity contribution in [2.75, 3.05) is 40.4 Å². The number of nitrogens with zero attached hydrogens (tertiary/aromatic N) is 1. The van der Waals surface area contributed by atoms with Crippen molar-refractivity contribution in [2.45, 2.75) is 82.0 Å². The number of urea groups is 1. The molecular formula is C28H46ClN3O4. The maximum absolute atomic E-state index is 13.4. The summed E-state index contributed by atoms with van der Waals surface area (Å²) in [7, 11) is 3.61. The van der Waals surface area contributed by atoms with Gasteiger partial charge in [-0.15, -0.1) is 0 Å². The van der Waals surface area contributed by atoms with Gasteiger partial charge in [0.05, 0.1) is 11.7 Å². The Morgan fingerprint density at radius 3 is 2.72 bits per heavy atom. The van der Waals surface area contributed by atoms with E-state index in [1.807, 2.05) is 36.2 Å². The second-order valence-electron chi connectivity index (χ2n) is 10.8. The van der Waals surface area contributed by atoms with Gasteiger partial charge in [0.1, 0.15) is 0 Å². The van der Waals surface area contributed by atoms with Crippen LogP contribution in [0.2, 0.25) is 5.02 Å². The number of halogens is 1. The topological polar surface area (TPSA) is 94.1 Å². The Hall–Kier alpha value is -1.38. The molecule has 0 aromatic heterocycles. The molecule has 0 bridgehead atoms. The predicted molar refractivity (Wildman–Crippen MR) is 144 cm³/mol. The Kier molecular flexibility index (Phi) is 11.8. The fraction of sp³-hybridized carbons (Fsp3) is 0.750. The van der Waals surface area contributed by atoms with Crippen LogP contribution in [0.5, 0.6) is 0 Å². The number of benzene rings is 1. The van der Waals surface area contributed by atoms with Crippen molar-refractivity contribution in [3.63, 3.8) is 0 Å². The van der Waals surface area contributed by atoms with E-state index in [9.17, 15) is 15.0 Å². The number of likely N-dealkylation sites (N-methyl/N-ethyl adjacent to an activating group) is 1. The minimum Gasteiger partial charge on any atom is -0.393 e. The number of unbranched alkanes of at least 4 members (excludes halogenated alkanes) is 1. The molecule has 36 heavy (non-hydrogen) atoms. The molecule has 1 saturated carbocycles. The van der Waals surface area contributed by atoms with E-state index in [4.69, 9.17) is 16.3 Å². The largest absolute Gasteiger partial charge is 0.393 e. The lowest BCUT2D eigenvalue weighted by Crippen LogP contribution is -2.54. The third kappa shape index (κ3) is 8.32. The average molecular weight is 524 g/mol. The number of aliphatic hydroxyl groups is 2. The second kappa shape index (κ2) is 14.5. The number of carbonyl (C=O) groups excluding carboxylic acids is 1. The quantitative estimate of drug-likeness (QED) is 0.306. The Bertz CT molecular complexity index is 805. The minimum absolute atomic E-state index is 0.0453. The first-order valence-electron chi connectivity index (χ1n) is 13.7. The van der Waals surface area contributed by atoms with Crippen molar-refractivity contribution in [1.82, 2.24) is 15.5 Å². The van der Waals surface area contributed by atoms with Gasteiger partial charge in [-0.3, -0.25) is 0 Å². The number of carbonyl (C=O) groups is 1. The van der Waals surface area contributed by atoms with Crippen molar-refractivity contribution < 1.29 is 19.7 Å². The number of aliphatic hydroxyl groups excluding tert-OH is 1. The molecule has 0 unspecified atom stereocenters. The summed E-state index contributed by atoms with van der Waals surface area (Å²) in [5.74, 6) is 0.460. The van der Waals surface area contributed by atoms with Crippen LogP contribution in [0.3, 0.4) is 0 Å². The zero-order chi connectivity index (χ0) is 26.0. The van der Waals surface area contributed by atoms with E-state index < -0.39 is 5.60 Å². The molecule has 3 atom stereocenters. The molecule has 0 spiro atoms. The molecule has 7 nitrogen and oxygen atoms in total. The molecule has 1 aliphatic heterocycles. The molecule has 4 N–H and O–H groups in total. The molecule has 2 fully saturated rings. The fourth-order valence-electron chi connectivity index (χ4n) is 6.02. The lowest BCUT2D eigenvalue weighted by atomic mass is 9.74. The number of likely N-dealkylation sites (tertiary alicyclic amines) is 1. The smallest absolute Gasteiger partial charge is 0.317 e. The average Bonchev–Trinajstić information content (AvgIpc) is 2.88. The predicted octanol–water partition coefficient (Wildman–Crippen LogP) is 4.30. The zero-order valence-corrected chi connectivity index (χ0v) is 22.8. The number of ether oxygens (including phenoxy) is 1. The number of piperidine rings is 1. The van der Waals surface area contributed by atoms with Crippen molar-refractivity contribution in [3.05, 3.63) is 34.9 Å². The maximum Gasteiger partial charge on any atom is 0.317 e. The molecule has 2 amide bonds. The van der Waals surface area contributed by atoms with Gasteiger partial charge in [-0.1, -0.05) is 23.7 Å². The highest BCUT2D eigenvalue weighted by atomic mass is 35.5. The van der Waals surface area contributed by atoms with Gasteiger partial charge in [0.2, 0.25) is 0 Å². The summed E-state index contributed by atoms with van der Waals surface area (Å²) in [5.41, 5.74) is -0.225. The summed E-state index contributed by atoms with van der Waals surface area (Å²) in [5, 5.41) is 29.0. The van der Waals surface area contributed by atoms with Gasteiger partial charge in [0.25, 0.3) is 0 Å². The van der Waals surface area contributed by atoms with Crippen LogP contribution in [0.4, 0.5) is 4.79 Å². The number of amides is 2. The molecule has 204 valence electrons. The van der Waals surface area contributed by atoms with Crippen LogP contribution in [0.1, 0.15) is 69.8 Å². The molecule has 1 aromatic carbocycles. The molecule has 3 rings (SSSR count). The van der Waals surface area contributed by atoms with E-state index in [2.05, 4.69) is 10.6 Å². The van der Waals surface area contributed by atoms with Crippen molar-refractivity contribution in [3.8, 4) is 0 Å². The summed E-state index contributed by atoms with van der Waals surface area (Å²) in [6, 6.07) is 7.52. The van der Waals surface area contributed by atoms with Crippen LogP contribution < -0.4 is 10.6 Å². The lowest BCUT2D eigenvalue weighted by Gasteiger charge is -2.43. The zero-order valence-electron chi connectivity index (χ0n) is 22.1. The van der Waals surface area contributed by atoms with Crippen LogP contribution in [0, 0.1) is 11.8 Å². The van der Waals surface area contributed by atoms with Gasteiger partial charge in [-0.05, 0) is 94.9 Å². The summed E-state index contributed by atoms with van der Waals surface area (Å²) in [4.78, 5) is 15.2. The number of methoxy groups -OCH3 is 1. The van der Waals surface area contributed by atoms with E-state index >= 15 is 0 Å². The molecule has 1 saturated heterocycles. The Morgan fingerprint density at radius 2 is 2.03 bits per heavy atom. The molecule has 2 aliphatic rings. The molecular weight excluding hydrogens is 478 g/mol. The fourth-order valence-corrected chi connectivity index (χ4v) is 6.21. The van der Waals surface area contributed by atoms with Gasteiger partial charge in [-0.2, -0.15) is 0 Å². The Morgan fingerprint density at radius 1 is 1.25 bits per heavy atom. The van der Waals surface area contributed by atoms with Crippen LogP contribution >= 0.6 is 11.6 Å². The Balaban J connectivity index is 1.66. The monoisotopic (exact) mass is 523 g/mol. The van der Waals surface area contributed by atoms with Crippen LogP contribution in [-0.2, 0) is 10.3 Å². The first-order valence-corrected chi connectivity index (χ1v) is 14.1. The number of hydrogen-bond donors (Lipinski definition) is 4. The molecule has 1 aromatic rings. The van der Waals surface area contributed by atoms with Crippen LogP contribution in [0.25, 0.3) is 0 Å². The van der Waals surface area contributed by atoms with E-state index in [1.54, 1.807) is 7.11 Å². The van der Waals surface area contributed by atoms with E-state index in [0.717, 1.165) is 63.4 Å². The third-order valence-electron chi connectivity index (χ3n) is 8.08. The summed E-state index contributed by atoms with van der Waals surface area (Å²) >= 11 is 6.30. The second-order valence-corrected chi connectivity index (χ2v) is 11.2. The van der Waals surface area contributed by atoms with Crippen molar-refractivity contribution >= 4 is 17.6 Å². The minimum atomic E-state index is -1.05. The molecule has 1 aliphatic carbocycles. The first-order chi connectivity index (χ1) is 17.4. The third-order valence-corrected chi connectivity index (χ3v) is 8.31. The SMILES string of the molecule is CNC[C@H](C[C@H]1CC[C@@H](O)CC1)NC(=O)N1CCC[C@@H]([C@@](O)(CCCCOC)c2cccc(Cl)c2)C1. The van der Waals surface area contributed by atoms with Crippen LogP contribution in [0.15, 0.2) is 24.3 Å². The number of hydrogen-bond acceptors (Lipinski definition) is 5. The van der Waals surface area contributed by atoms with Gasteiger partial charge in [0.15, 0.2) is 0 Å². The molecule has 8 heteroatoms. The summed E-state index contributed by atoms with van der Waals surface area (Å²) in [6.45, 7) is 2.59. The van der Waals surface area contributed by atoms with E-state index in [-0.39, 0.29) is 24.1 Å². The Labute approximate surface area is 221 Å². The van der Waals surface area contributed by atoms with E-state index in [0.29, 0.717) is 43.6 Å². The highest BCUT2D eigenvalue weighted by molar-refractivity contribution is 6.30. The van der Waals surface area contributed by atoms with E-state index in [1.165, 1.54) is 0 Å². The van der Waals surface area contributed by atoms with Gasteiger partial charge in [-0.25, -0.2) is 4.79 Å². The van der Waals surface area contributed by atoms with Gasteiger partial charge < -0.3 is 30.5 Å². The normalized spacial score (nSPS) is 25.2. The standard InChI is InChI=1S/C28H46ClN3O4/c1-30-19-25(17-21-10-12-26(33)13-11-21)31-27(34)32-15-6-8-23(20-32)28(35,14-3-4-16-36-2)22-7-5-9-24(29)18-22/h5,7,9,18,21,23,25-26,30,33,35H,3-4,6,8,10-17,19-20H2,1-2H3,(H,31,34)/t21-,23-,25+,26+,28-/m1/s1. The van der Waals surface area contributed by atoms with Gasteiger partial charge in [0, 0.05) is 50.3 Å².